The van der Waals surface area contributed by atoms with Crippen molar-refractivity contribution in [1.29, 1.82) is 5.26 Å². The van der Waals surface area contributed by atoms with Gasteiger partial charge in [-0.1, -0.05) is 11.6 Å². The molecule has 0 spiro atoms. The van der Waals surface area contributed by atoms with Crippen LogP contribution in [0.2, 0.25) is 0 Å². The molecule has 4 aliphatic carbocycles. The van der Waals surface area contributed by atoms with Crippen LogP contribution in [-0.2, 0) is 0 Å². The third kappa shape index (κ3) is 0.900. The average molecular weight is 229 g/mol. The molecule has 1 N–H and O–H groups in total. The van der Waals surface area contributed by atoms with Gasteiger partial charge < -0.3 is 5.11 Å². The Labute approximate surface area is 102 Å². The third-order valence-electron chi connectivity index (χ3n) is 6.36. The van der Waals surface area contributed by atoms with Gasteiger partial charge in [-0.2, -0.15) is 5.26 Å². The molecule has 0 heterocycles. The minimum Gasteiger partial charge on any atom is -0.393 e. The highest BCUT2D eigenvalue weighted by atomic mass is 16.3. The maximum absolute atomic E-state index is 10.4. The number of nitrogens with zero attached hydrogens (tertiary/aromatic N) is 1. The zero-order chi connectivity index (χ0) is 11.8. The van der Waals surface area contributed by atoms with Crippen molar-refractivity contribution in [2.24, 2.45) is 35.0 Å². The van der Waals surface area contributed by atoms with Crippen LogP contribution in [0.3, 0.4) is 0 Å². The van der Waals surface area contributed by atoms with E-state index in [1.165, 1.54) is 18.4 Å². The first-order valence-electron chi connectivity index (χ1n) is 6.99. The summed E-state index contributed by atoms with van der Waals surface area (Å²) in [6.07, 6.45) is 6.66. The van der Waals surface area contributed by atoms with Gasteiger partial charge >= 0.3 is 0 Å². The van der Waals surface area contributed by atoms with Crippen molar-refractivity contribution in [1.82, 2.24) is 0 Å². The number of hydrogen-bond acceptors (Lipinski definition) is 2. The van der Waals surface area contributed by atoms with Crippen LogP contribution < -0.4 is 0 Å². The van der Waals surface area contributed by atoms with E-state index in [9.17, 15) is 10.4 Å². The Morgan fingerprint density at radius 2 is 2.29 bits per heavy atom. The minimum absolute atomic E-state index is 0.104. The van der Waals surface area contributed by atoms with Crippen LogP contribution in [-0.4, -0.2) is 11.2 Å². The van der Waals surface area contributed by atoms with Crippen molar-refractivity contribution in [3.8, 4) is 6.07 Å². The maximum atomic E-state index is 10.4. The molecule has 90 valence electrons. The van der Waals surface area contributed by atoms with E-state index in [1.54, 1.807) is 0 Å². The summed E-state index contributed by atoms with van der Waals surface area (Å²) in [5.41, 5.74) is 1.25. The molecule has 0 aromatic carbocycles. The van der Waals surface area contributed by atoms with E-state index in [4.69, 9.17) is 0 Å². The van der Waals surface area contributed by atoms with Crippen LogP contribution in [0.1, 0.15) is 32.6 Å². The van der Waals surface area contributed by atoms with Crippen molar-refractivity contribution in [2.75, 3.05) is 0 Å². The molecule has 0 radical (unpaired) electrons. The normalized spacial score (nSPS) is 60.9. The lowest BCUT2D eigenvalue weighted by molar-refractivity contribution is -0.0749. The predicted octanol–water partition coefficient (Wildman–Crippen LogP) is 2.50. The number of aliphatic hydroxyl groups is 1. The number of hydrogen-bond donors (Lipinski definition) is 1. The van der Waals surface area contributed by atoms with E-state index in [0.717, 1.165) is 12.8 Å². The summed E-state index contributed by atoms with van der Waals surface area (Å²) in [6.45, 7) is 2.10. The van der Waals surface area contributed by atoms with Gasteiger partial charge in [-0.25, -0.2) is 0 Å². The fourth-order valence-electron chi connectivity index (χ4n) is 5.73. The lowest BCUT2D eigenvalue weighted by atomic mass is 9.46. The number of aliphatic hydroxyl groups excluding tert-OH is 1. The van der Waals surface area contributed by atoms with E-state index in [2.05, 4.69) is 19.1 Å². The first-order valence-corrected chi connectivity index (χ1v) is 6.99. The van der Waals surface area contributed by atoms with Crippen molar-refractivity contribution in [3.05, 3.63) is 11.6 Å². The summed E-state index contributed by atoms with van der Waals surface area (Å²) in [4.78, 5) is 0. The largest absolute Gasteiger partial charge is 0.393 e. The van der Waals surface area contributed by atoms with E-state index in [0.29, 0.717) is 29.6 Å². The zero-order valence-electron chi connectivity index (χ0n) is 10.3. The summed E-state index contributed by atoms with van der Waals surface area (Å²) in [5.74, 6) is 2.61. The first kappa shape index (κ1) is 10.1. The summed E-state index contributed by atoms with van der Waals surface area (Å²) in [7, 11) is 0. The fraction of sp³-hybridized carbons (Fsp3) is 0.800. The van der Waals surface area contributed by atoms with Gasteiger partial charge in [0, 0.05) is 0 Å². The molecule has 4 rings (SSSR count). The molecule has 7 unspecified atom stereocenters. The monoisotopic (exact) mass is 229 g/mol. The van der Waals surface area contributed by atoms with Gasteiger partial charge in [0.1, 0.15) is 0 Å². The topological polar surface area (TPSA) is 44.0 Å². The van der Waals surface area contributed by atoms with Crippen LogP contribution in [0, 0.1) is 46.3 Å². The lowest BCUT2D eigenvalue weighted by Crippen LogP contribution is -2.55. The number of rotatable bonds is 0. The Morgan fingerprint density at radius 3 is 2.82 bits per heavy atom. The van der Waals surface area contributed by atoms with Crippen molar-refractivity contribution in [2.45, 2.75) is 38.7 Å². The van der Waals surface area contributed by atoms with Crippen molar-refractivity contribution in [3.63, 3.8) is 0 Å². The van der Waals surface area contributed by atoms with E-state index >= 15 is 0 Å². The quantitative estimate of drug-likeness (QED) is 0.649. The molecular formula is C15H19NO. The number of nitriles is 1. The zero-order valence-corrected chi connectivity index (χ0v) is 10.3. The smallest absolute Gasteiger partial charge is 0.0820 e. The van der Waals surface area contributed by atoms with Gasteiger partial charge in [-0.05, 0) is 62.2 Å². The number of allylic oxidation sites excluding steroid dienone is 2. The highest BCUT2D eigenvalue weighted by molar-refractivity contribution is 5.38. The van der Waals surface area contributed by atoms with Gasteiger partial charge in [0.2, 0.25) is 0 Å². The predicted molar refractivity (Wildman–Crippen MR) is 63.7 cm³/mol. The molecule has 7 atom stereocenters. The van der Waals surface area contributed by atoms with Crippen LogP contribution in [0.15, 0.2) is 11.6 Å². The average Bonchev–Trinajstić information content (AvgIpc) is 2.82. The molecule has 2 bridgehead atoms. The molecule has 4 saturated carbocycles. The second-order valence-corrected chi connectivity index (χ2v) is 6.55. The highest BCUT2D eigenvalue weighted by Crippen LogP contribution is 2.72. The SMILES string of the molecule is C/C=C1\C2CCC2C2C(O)C3CC2C1(C#N)C3. The molecule has 0 amide bonds. The van der Waals surface area contributed by atoms with Crippen LogP contribution >= 0.6 is 0 Å². The Balaban J connectivity index is 1.88. The number of fused-ring (bicyclic) bond motifs is 3. The Bertz CT molecular complexity index is 448. The minimum atomic E-state index is -0.190. The van der Waals surface area contributed by atoms with Crippen LogP contribution in [0.5, 0.6) is 0 Å². The molecule has 17 heavy (non-hydrogen) atoms. The molecule has 2 heteroatoms. The third-order valence-corrected chi connectivity index (χ3v) is 6.36. The van der Waals surface area contributed by atoms with E-state index < -0.39 is 0 Å². The van der Waals surface area contributed by atoms with Gasteiger partial charge in [-0.3, -0.25) is 0 Å². The second-order valence-electron chi connectivity index (χ2n) is 6.55. The molecule has 2 nitrogen and oxygen atoms in total. The molecule has 0 aliphatic heterocycles. The van der Waals surface area contributed by atoms with Crippen LogP contribution in [0.25, 0.3) is 0 Å². The highest BCUT2D eigenvalue weighted by Gasteiger charge is 2.69. The molecule has 0 aromatic rings. The fourth-order valence-corrected chi connectivity index (χ4v) is 5.73. The first-order chi connectivity index (χ1) is 8.23. The lowest BCUT2D eigenvalue weighted by Gasteiger charge is -2.58. The van der Waals surface area contributed by atoms with Gasteiger partial charge in [-0.15, -0.1) is 0 Å². The Morgan fingerprint density at radius 1 is 1.47 bits per heavy atom. The maximum Gasteiger partial charge on any atom is 0.0820 e. The summed E-state index contributed by atoms with van der Waals surface area (Å²) in [6, 6.07) is 2.67. The van der Waals surface area contributed by atoms with Crippen molar-refractivity contribution < 1.29 is 5.11 Å². The molecule has 4 fully saturated rings. The van der Waals surface area contributed by atoms with Crippen LogP contribution in [0.4, 0.5) is 0 Å². The summed E-state index contributed by atoms with van der Waals surface area (Å²) in [5, 5.41) is 20.1. The molecular weight excluding hydrogens is 210 g/mol. The van der Waals surface area contributed by atoms with Gasteiger partial charge in [0.25, 0.3) is 0 Å². The van der Waals surface area contributed by atoms with Crippen molar-refractivity contribution >= 4 is 0 Å². The summed E-state index contributed by atoms with van der Waals surface area (Å²) < 4.78 is 0. The standard InChI is InChI=1S/C15H19NO/c1-2-11-9-3-4-10(9)13-12-5-8(14(13)17)6-15(11,12)7-16/h2,8-10,12-14,17H,3-6H2,1H3/b11-2+. The van der Waals surface area contributed by atoms with E-state index in [-0.39, 0.29) is 11.5 Å². The second kappa shape index (κ2) is 2.95. The Hall–Kier alpha value is -0.810. The van der Waals surface area contributed by atoms with E-state index in [1.807, 2.05) is 0 Å². The molecule has 0 aromatic heterocycles. The molecule has 4 aliphatic rings. The molecule has 0 saturated heterocycles. The summed E-state index contributed by atoms with van der Waals surface area (Å²) >= 11 is 0. The van der Waals surface area contributed by atoms with Gasteiger partial charge in [0.15, 0.2) is 0 Å². The Kier molecular flexibility index (Phi) is 1.76. The van der Waals surface area contributed by atoms with Gasteiger partial charge in [0.05, 0.1) is 17.6 Å².